The Morgan fingerprint density at radius 2 is 2.06 bits per heavy atom. The molecule has 0 aliphatic heterocycles. The normalized spacial score (nSPS) is 11.5. The summed E-state index contributed by atoms with van der Waals surface area (Å²) in [5.41, 5.74) is -0.608. The van der Waals surface area contributed by atoms with Crippen molar-refractivity contribution in [1.82, 2.24) is 0 Å². The van der Waals surface area contributed by atoms with Gasteiger partial charge in [0.1, 0.15) is 4.90 Å². The first-order valence-corrected chi connectivity index (χ1v) is 6.93. The highest BCUT2D eigenvalue weighted by Crippen LogP contribution is 2.31. The molecular weight excluding hydrogens is 327 g/mol. The highest BCUT2D eigenvalue weighted by atomic mass is 79.9. The first-order chi connectivity index (χ1) is 7.16. The molecule has 4 nitrogen and oxygen atoms in total. The van der Waals surface area contributed by atoms with E-state index in [4.69, 9.17) is 15.8 Å². The number of hydrogen-bond donors (Lipinski definition) is 1. The van der Waals surface area contributed by atoms with Gasteiger partial charge in [0, 0.05) is 15.2 Å². The quantitative estimate of drug-likeness (QED) is 0.845. The van der Waals surface area contributed by atoms with E-state index in [0.717, 1.165) is 0 Å². The van der Waals surface area contributed by atoms with Crippen LogP contribution in [0, 0.1) is 12.7 Å². The molecule has 1 rings (SSSR count). The summed E-state index contributed by atoms with van der Waals surface area (Å²) in [5, 5.41) is 8.73. The zero-order valence-electron chi connectivity index (χ0n) is 7.79. The van der Waals surface area contributed by atoms with Crippen molar-refractivity contribution in [1.29, 1.82) is 0 Å². The van der Waals surface area contributed by atoms with Gasteiger partial charge in [-0.3, -0.25) is 0 Å². The molecule has 0 aromatic heterocycles. The Kier molecular flexibility index (Phi) is 3.61. The Bertz CT molecular complexity index is 570. The van der Waals surface area contributed by atoms with Crippen molar-refractivity contribution >= 4 is 41.6 Å². The number of hydrogen-bond acceptors (Lipinski definition) is 3. The van der Waals surface area contributed by atoms with Gasteiger partial charge in [-0.2, -0.15) is 0 Å². The number of carboxylic acids is 1. The number of aromatic carboxylic acids is 1. The topological polar surface area (TPSA) is 71.4 Å². The summed E-state index contributed by atoms with van der Waals surface area (Å²) in [6.07, 6.45) is 0. The van der Waals surface area contributed by atoms with E-state index in [9.17, 15) is 17.6 Å². The van der Waals surface area contributed by atoms with Crippen LogP contribution in [0.15, 0.2) is 15.4 Å². The fourth-order valence-corrected chi connectivity index (χ4v) is 3.70. The zero-order valence-corrected chi connectivity index (χ0v) is 10.9. The van der Waals surface area contributed by atoms with E-state index in [1.807, 2.05) is 0 Å². The zero-order chi connectivity index (χ0) is 12.7. The SMILES string of the molecule is Cc1cc(Br)c(S(=O)(=O)Cl)c(F)c1C(=O)O. The van der Waals surface area contributed by atoms with Crippen molar-refractivity contribution in [2.75, 3.05) is 0 Å². The largest absolute Gasteiger partial charge is 0.478 e. The van der Waals surface area contributed by atoms with Crippen LogP contribution in [0.1, 0.15) is 15.9 Å². The van der Waals surface area contributed by atoms with E-state index < -0.39 is 31.3 Å². The molecule has 0 bridgehead atoms. The van der Waals surface area contributed by atoms with Crippen molar-refractivity contribution in [2.24, 2.45) is 0 Å². The number of aryl methyl sites for hydroxylation is 1. The molecule has 0 aliphatic carbocycles. The second kappa shape index (κ2) is 4.31. The predicted molar refractivity (Wildman–Crippen MR) is 58.8 cm³/mol. The molecule has 0 heterocycles. The van der Waals surface area contributed by atoms with E-state index in [2.05, 4.69) is 15.9 Å². The average Bonchev–Trinajstić information content (AvgIpc) is 1.97. The predicted octanol–water partition coefficient (Wildman–Crippen LogP) is 2.52. The average molecular weight is 332 g/mol. The Balaban J connectivity index is 3.79. The van der Waals surface area contributed by atoms with Crippen LogP contribution in [0.2, 0.25) is 0 Å². The second-order valence-electron chi connectivity index (χ2n) is 2.94. The summed E-state index contributed by atoms with van der Waals surface area (Å²) in [4.78, 5) is 9.88. The minimum absolute atomic E-state index is 0.0981. The Morgan fingerprint density at radius 3 is 2.44 bits per heavy atom. The third-order valence-corrected chi connectivity index (χ3v) is 4.07. The van der Waals surface area contributed by atoms with Gasteiger partial charge in [-0.1, -0.05) is 0 Å². The maximum atomic E-state index is 13.7. The first-order valence-electron chi connectivity index (χ1n) is 3.82. The van der Waals surface area contributed by atoms with Gasteiger partial charge in [0.15, 0.2) is 5.82 Å². The minimum atomic E-state index is -4.35. The van der Waals surface area contributed by atoms with Crippen molar-refractivity contribution in [2.45, 2.75) is 11.8 Å². The van der Waals surface area contributed by atoms with Gasteiger partial charge in [0.25, 0.3) is 9.05 Å². The van der Waals surface area contributed by atoms with Crippen LogP contribution >= 0.6 is 26.6 Å². The lowest BCUT2D eigenvalue weighted by atomic mass is 10.1. The molecule has 0 aliphatic rings. The van der Waals surface area contributed by atoms with Crippen LogP contribution < -0.4 is 0 Å². The Hall–Kier alpha value is -0.660. The molecule has 1 aromatic rings. The maximum absolute atomic E-state index is 13.7. The number of carbonyl (C=O) groups is 1. The highest BCUT2D eigenvalue weighted by molar-refractivity contribution is 9.10. The standard InChI is InChI=1S/C8H5BrClFO4S/c1-3-2-4(9)7(16(10,14)15)6(11)5(3)8(12)13/h2H,1H3,(H,12,13). The Morgan fingerprint density at radius 1 is 1.56 bits per heavy atom. The molecule has 0 saturated heterocycles. The molecule has 8 heteroatoms. The van der Waals surface area contributed by atoms with Gasteiger partial charge in [0.05, 0.1) is 5.56 Å². The van der Waals surface area contributed by atoms with Gasteiger partial charge in [0.2, 0.25) is 0 Å². The lowest BCUT2D eigenvalue weighted by molar-refractivity contribution is 0.0690. The second-order valence-corrected chi connectivity index (χ2v) is 6.29. The lowest BCUT2D eigenvalue weighted by Gasteiger charge is -2.08. The third-order valence-electron chi connectivity index (χ3n) is 1.83. The summed E-state index contributed by atoms with van der Waals surface area (Å²) >= 11 is 2.82. The maximum Gasteiger partial charge on any atom is 0.339 e. The molecule has 0 saturated carbocycles. The monoisotopic (exact) mass is 330 g/mol. The first kappa shape index (κ1) is 13.4. The fourth-order valence-electron chi connectivity index (χ4n) is 1.21. The summed E-state index contributed by atoms with van der Waals surface area (Å²) < 4.78 is 35.7. The lowest BCUT2D eigenvalue weighted by Crippen LogP contribution is -2.09. The summed E-state index contributed by atoms with van der Waals surface area (Å²) in [7, 11) is 0.657. The number of rotatable bonds is 2. The van der Waals surface area contributed by atoms with Crippen molar-refractivity contribution in [3.63, 3.8) is 0 Å². The molecular formula is C8H5BrClFO4S. The molecule has 0 atom stereocenters. The van der Waals surface area contributed by atoms with Crippen molar-refractivity contribution in [3.05, 3.63) is 27.5 Å². The van der Waals surface area contributed by atoms with Crippen LogP contribution in [0.5, 0.6) is 0 Å². The van der Waals surface area contributed by atoms with E-state index >= 15 is 0 Å². The molecule has 88 valence electrons. The molecule has 16 heavy (non-hydrogen) atoms. The van der Waals surface area contributed by atoms with Crippen LogP contribution in [-0.2, 0) is 9.05 Å². The van der Waals surface area contributed by atoms with E-state index in [-0.39, 0.29) is 10.0 Å². The van der Waals surface area contributed by atoms with Crippen molar-refractivity contribution in [3.8, 4) is 0 Å². The molecule has 0 fully saturated rings. The van der Waals surface area contributed by atoms with Crippen LogP contribution in [0.3, 0.4) is 0 Å². The summed E-state index contributed by atoms with van der Waals surface area (Å²) in [6, 6.07) is 1.18. The van der Waals surface area contributed by atoms with Crippen molar-refractivity contribution < 1.29 is 22.7 Å². The fraction of sp³-hybridized carbons (Fsp3) is 0.125. The molecule has 0 amide bonds. The van der Waals surface area contributed by atoms with Crippen LogP contribution in [0.25, 0.3) is 0 Å². The van der Waals surface area contributed by atoms with Crippen LogP contribution in [0.4, 0.5) is 4.39 Å². The van der Waals surface area contributed by atoms with E-state index in [1.165, 1.54) is 13.0 Å². The molecule has 1 N–H and O–H groups in total. The number of benzene rings is 1. The molecule has 0 unspecified atom stereocenters. The molecule has 0 spiro atoms. The highest BCUT2D eigenvalue weighted by Gasteiger charge is 2.27. The van der Waals surface area contributed by atoms with Gasteiger partial charge < -0.3 is 5.11 Å². The minimum Gasteiger partial charge on any atom is -0.478 e. The Labute approximate surface area is 104 Å². The van der Waals surface area contributed by atoms with E-state index in [1.54, 1.807) is 0 Å². The summed E-state index contributed by atoms with van der Waals surface area (Å²) in [5.74, 6) is -2.92. The van der Waals surface area contributed by atoms with E-state index in [0.29, 0.717) is 0 Å². The van der Waals surface area contributed by atoms with Crippen LogP contribution in [-0.4, -0.2) is 19.5 Å². The van der Waals surface area contributed by atoms with Gasteiger partial charge in [-0.05, 0) is 34.5 Å². The van der Waals surface area contributed by atoms with Gasteiger partial charge in [-0.25, -0.2) is 17.6 Å². The molecule has 0 radical (unpaired) electrons. The van der Waals surface area contributed by atoms with Gasteiger partial charge in [-0.15, -0.1) is 0 Å². The smallest absolute Gasteiger partial charge is 0.339 e. The number of halogens is 3. The molecule has 1 aromatic carbocycles. The number of carboxylic acid groups (broad SMARTS) is 1. The van der Waals surface area contributed by atoms with Gasteiger partial charge >= 0.3 is 5.97 Å². The third kappa shape index (κ3) is 2.36. The summed E-state index contributed by atoms with van der Waals surface area (Å²) in [6.45, 7) is 1.35.